The molecule has 0 aliphatic heterocycles. The van der Waals surface area contributed by atoms with Crippen LogP contribution in [-0.2, 0) is 17.9 Å². The van der Waals surface area contributed by atoms with Gasteiger partial charge in [0.05, 0.1) is 10.6 Å². The normalized spacial score (nSPS) is 11.0. The Balaban J connectivity index is 1.53. The molecule has 0 saturated heterocycles. The van der Waals surface area contributed by atoms with Gasteiger partial charge >= 0.3 is 0 Å². The molecule has 0 fully saturated rings. The Morgan fingerprint density at radius 1 is 0.842 bits per heavy atom. The van der Waals surface area contributed by atoms with Crippen molar-refractivity contribution in [2.24, 2.45) is 5.92 Å². The quantitative estimate of drug-likeness (QED) is 0.226. The van der Waals surface area contributed by atoms with Crippen LogP contribution in [0, 0.1) is 5.92 Å². The van der Waals surface area contributed by atoms with E-state index in [1.165, 1.54) is 0 Å². The summed E-state index contributed by atoms with van der Waals surface area (Å²) >= 11 is 12.3. The zero-order chi connectivity index (χ0) is 27.4. The van der Waals surface area contributed by atoms with Crippen LogP contribution in [0.2, 0.25) is 10.0 Å². The molecule has 0 unspecified atom stereocenters. The first-order valence-corrected chi connectivity index (χ1v) is 13.0. The molecule has 0 spiro atoms. The minimum atomic E-state index is -0.373. The van der Waals surface area contributed by atoms with Crippen molar-refractivity contribution in [3.8, 4) is 0 Å². The van der Waals surface area contributed by atoms with Crippen LogP contribution >= 0.6 is 23.2 Å². The van der Waals surface area contributed by atoms with Gasteiger partial charge in [-0.2, -0.15) is 0 Å². The monoisotopic (exact) mass is 550 g/mol. The number of anilines is 2. The van der Waals surface area contributed by atoms with Crippen molar-refractivity contribution in [3.05, 3.63) is 93.6 Å². The molecule has 0 atom stereocenters. The van der Waals surface area contributed by atoms with E-state index in [1.54, 1.807) is 54.6 Å². The first-order valence-electron chi connectivity index (χ1n) is 12.2. The van der Waals surface area contributed by atoms with E-state index in [-0.39, 0.29) is 23.6 Å². The predicted octanol–water partition coefficient (Wildman–Crippen LogP) is 6.74. The van der Waals surface area contributed by atoms with Crippen molar-refractivity contribution >= 4 is 63.2 Å². The van der Waals surface area contributed by atoms with Gasteiger partial charge in [-0.25, -0.2) is 0 Å². The lowest BCUT2D eigenvalue weighted by Gasteiger charge is -2.11. The van der Waals surface area contributed by atoms with Crippen molar-refractivity contribution in [2.75, 3.05) is 10.6 Å². The molecule has 1 aromatic heterocycles. The van der Waals surface area contributed by atoms with Gasteiger partial charge in [0.25, 0.3) is 11.8 Å². The number of nitrogens with zero attached hydrogens (tertiary/aromatic N) is 1. The lowest BCUT2D eigenvalue weighted by atomic mass is 10.1. The van der Waals surface area contributed by atoms with Crippen LogP contribution in [0.15, 0.2) is 66.7 Å². The Bertz CT molecular complexity index is 1510. The molecule has 3 N–H and O–H groups in total. The molecule has 3 aromatic carbocycles. The number of nitrogens with one attached hydrogen (secondary N) is 3. The van der Waals surface area contributed by atoms with E-state index in [0.29, 0.717) is 45.8 Å². The first kappa shape index (κ1) is 27.2. The molecule has 0 aliphatic carbocycles. The van der Waals surface area contributed by atoms with Crippen LogP contribution in [0.3, 0.4) is 0 Å². The molecule has 3 amide bonds. The summed E-state index contributed by atoms with van der Waals surface area (Å²) in [6.45, 7) is 6.49. The number of aromatic nitrogens is 1. The maximum Gasteiger partial charge on any atom is 0.272 e. The zero-order valence-corrected chi connectivity index (χ0v) is 22.8. The van der Waals surface area contributed by atoms with Gasteiger partial charge < -0.3 is 20.5 Å². The van der Waals surface area contributed by atoms with Gasteiger partial charge in [0.1, 0.15) is 5.69 Å². The maximum atomic E-state index is 13.1. The number of carbonyl (C=O) groups excluding carboxylic acids is 3. The van der Waals surface area contributed by atoms with Crippen LogP contribution in [0.1, 0.15) is 47.2 Å². The molecule has 9 heteroatoms. The molecule has 0 aliphatic rings. The lowest BCUT2D eigenvalue weighted by Crippen LogP contribution is -2.27. The van der Waals surface area contributed by atoms with E-state index in [1.807, 2.05) is 37.5 Å². The number of amides is 3. The minimum Gasteiger partial charge on any atom is -0.352 e. The zero-order valence-electron chi connectivity index (χ0n) is 21.3. The molecule has 1 heterocycles. The summed E-state index contributed by atoms with van der Waals surface area (Å²) in [7, 11) is 0. The molecule has 0 saturated carbocycles. The number of aryl methyl sites for hydroxylation is 1. The largest absolute Gasteiger partial charge is 0.352 e. The highest BCUT2D eigenvalue weighted by Crippen LogP contribution is 2.26. The van der Waals surface area contributed by atoms with Crippen LogP contribution < -0.4 is 16.0 Å². The number of rotatable bonds is 8. The standard InChI is InChI=1S/C29H28Cl2N4O3/c1-4-35-25-12-10-22(14-19(25)15-26(35)29(38)33-21-8-6-20(30)7-9-21)34-28(37)23-13-18(5-11-24(23)31)16-32-27(36)17(2)3/h5-15,17H,4,16H2,1-3H3,(H,32,36)(H,33,38)(H,34,37). The highest BCUT2D eigenvalue weighted by molar-refractivity contribution is 6.34. The topological polar surface area (TPSA) is 92.2 Å². The Morgan fingerprint density at radius 3 is 2.21 bits per heavy atom. The van der Waals surface area contributed by atoms with Gasteiger partial charge in [-0.15, -0.1) is 0 Å². The van der Waals surface area contributed by atoms with Crippen molar-refractivity contribution in [1.82, 2.24) is 9.88 Å². The van der Waals surface area contributed by atoms with Crippen LogP contribution in [0.5, 0.6) is 0 Å². The summed E-state index contributed by atoms with van der Waals surface area (Å²) in [5.74, 6) is -0.822. The Labute approximate surface area is 231 Å². The minimum absolute atomic E-state index is 0.0699. The molecule has 38 heavy (non-hydrogen) atoms. The Morgan fingerprint density at radius 2 is 1.53 bits per heavy atom. The van der Waals surface area contributed by atoms with Gasteiger partial charge in [0, 0.05) is 46.3 Å². The number of carbonyl (C=O) groups is 3. The fourth-order valence-corrected chi connectivity index (χ4v) is 4.38. The Kier molecular flexibility index (Phi) is 8.39. The van der Waals surface area contributed by atoms with E-state index >= 15 is 0 Å². The van der Waals surface area contributed by atoms with E-state index < -0.39 is 0 Å². The summed E-state index contributed by atoms with van der Waals surface area (Å²) in [4.78, 5) is 38.0. The summed E-state index contributed by atoms with van der Waals surface area (Å²) in [6.07, 6.45) is 0. The maximum absolute atomic E-state index is 13.1. The third kappa shape index (κ3) is 6.18. The van der Waals surface area contributed by atoms with Crippen LogP contribution in [-0.4, -0.2) is 22.3 Å². The third-order valence-corrected chi connectivity index (χ3v) is 6.66. The van der Waals surface area contributed by atoms with Crippen molar-refractivity contribution in [3.63, 3.8) is 0 Å². The number of hydrogen-bond acceptors (Lipinski definition) is 3. The SMILES string of the molecule is CCn1c(C(=O)Nc2ccc(Cl)cc2)cc2cc(NC(=O)c3cc(CNC(=O)C(C)C)ccc3Cl)ccc21. The average Bonchev–Trinajstić information content (AvgIpc) is 3.27. The molecule has 0 radical (unpaired) electrons. The van der Waals surface area contributed by atoms with E-state index in [0.717, 1.165) is 16.5 Å². The highest BCUT2D eigenvalue weighted by atomic mass is 35.5. The van der Waals surface area contributed by atoms with E-state index in [4.69, 9.17) is 23.2 Å². The number of benzene rings is 3. The van der Waals surface area contributed by atoms with E-state index in [2.05, 4.69) is 16.0 Å². The smallest absolute Gasteiger partial charge is 0.272 e. The van der Waals surface area contributed by atoms with Crippen molar-refractivity contribution in [2.45, 2.75) is 33.9 Å². The second-order valence-corrected chi connectivity index (χ2v) is 9.99. The fraction of sp³-hybridized carbons (Fsp3) is 0.207. The average molecular weight is 551 g/mol. The molecule has 7 nitrogen and oxygen atoms in total. The van der Waals surface area contributed by atoms with Gasteiger partial charge in [0.2, 0.25) is 5.91 Å². The molecule has 196 valence electrons. The van der Waals surface area contributed by atoms with Crippen molar-refractivity contribution < 1.29 is 14.4 Å². The Hall–Kier alpha value is -3.81. The highest BCUT2D eigenvalue weighted by Gasteiger charge is 2.17. The van der Waals surface area contributed by atoms with Gasteiger partial charge in [0.15, 0.2) is 0 Å². The molecule has 4 rings (SSSR count). The van der Waals surface area contributed by atoms with Gasteiger partial charge in [-0.05, 0) is 73.2 Å². The summed E-state index contributed by atoms with van der Waals surface area (Å²) < 4.78 is 1.91. The molecule has 0 bridgehead atoms. The predicted molar refractivity (Wildman–Crippen MR) is 153 cm³/mol. The van der Waals surface area contributed by atoms with Crippen LogP contribution in [0.4, 0.5) is 11.4 Å². The second kappa shape index (κ2) is 11.7. The number of hydrogen-bond donors (Lipinski definition) is 3. The molecule has 4 aromatic rings. The number of fused-ring (bicyclic) bond motifs is 1. The third-order valence-electron chi connectivity index (χ3n) is 6.08. The van der Waals surface area contributed by atoms with Gasteiger partial charge in [-0.1, -0.05) is 43.1 Å². The summed E-state index contributed by atoms with van der Waals surface area (Å²) in [5.41, 5.74) is 3.64. The lowest BCUT2D eigenvalue weighted by molar-refractivity contribution is -0.124. The summed E-state index contributed by atoms with van der Waals surface area (Å²) in [5, 5.41) is 10.3. The van der Waals surface area contributed by atoms with Gasteiger partial charge in [-0.3, -0.25) is 14.4 Å². The number of halogens is 2. The molecular weight excluding hydrogens is 523 g/mol. The van der Waals surface area contributed by atoms with Crippen LogP contribution in [0.25, 0.3) is 10.9 Å². The van der Waals surface area contributed by atoms with Crippen molar-refractivity contribution in [1.29, 1.82) is 0 Å². The summed E-state index contributed by atoms with van der Waals surface area (Å²) in [6, 6.07) is 19.3. The van der Waals surface area contributed by atoms with E-state index in [9.17, 15) is 14.4 Å². The molecular formula is C29H28Cl2N4O3. The fourth-order valence-electron chi connectivity index (χ4n) is 4.05. The first-order chi connectivity index (χ1) is 18.2. The second-order valence-electron chi connectivity index (χ2n) is 9.15.